The molecule has 0 saturated heterocycles. The molecule has 166 valence electrons. The molecule has 0 aromatic rings. The number of ketones is 2. The van der Waals surface area contributed by atoms with Gasteiger partial charge in [0.25, 0.3) is 0 Å². The molecule has 0 amide bonds. The Hall–Kier alpha value is -2.23. The fourth-order valence-electron chi connectivity index (χ4n) is 5.38. The summed E-state index contributed by atoms with van der Waals surface area (Å²) in [4.78, 5) is 40.7. The number of rotatable bonds is 11. The van der Waals surface area contributed by atoms with Gasteiger partial charge in [0.05, 0.1) is 12.5 Å². The summed E-state index contributed by atoms with van der Waals surface area (Å²) in [6, 6.07) is 0. The maximum atomic E-state index is 14.3. The van der Waals surface area contributed by atoms with Gasteiger partial charge in [-0.2, -0.15) is 0 Å². The van der Waals surface area contributed by atoms with E-state index in [1.165, 1.54) is 14.0 Å². The molecule has 0 bridgehead atoms. The zero-order valence-electron chi connectivity index (χ0n) is 19.4. The number of allylic oxidation sites excluding steroid dienone is 5. The fraction of sp³-hybridized carbons (Fsp3) is 0.577. The van der Waals surface area contributed by atoms with Gasteiger partial charge in [-0.05, 0) is 70.6 Å². The molecule has 0 heterocycles. The molecule has 0 radical (unpaired) electrons. The quantitative estimate of drug-likeness (QED) is 0.244. The van der Waals surface area contributed by atoms with E-state index < -0.39 is 22.2 Å². The van der Waals surface area contributed by atoms with E-state index in [2.05, 4.69) is 19.7 Å². The van der Waals surface area contributed by atoms with Gasteiger partial charge in [0.15, 0.2) is 5.78 Å². The molecule has 4 heteroatoms. The lowest BCUT2D eigenvalue weighted by Gasteiger charge is -2.58. The molecule has 30 heavy (non-hydrogen) atoms. The Morgan fingerprint density at radius 2 is 1.73 bits per heavy atom. The number of carbonyl (C=O) groups is 3. The highest BCUT2D eigenvalue weighted by atomic mass is 16.5. The third-order valence-corrected chi connectivity index (χ3v) is 7.10. The zero-order valence-corrected chi connectivity index (χ0v) is 19.4. The first-order chi connectivity index (χ1) is 14.0. The normalized spacial score (nSPS) is 30.8. The molecule has 0 aromatic carbocycles. The molecule has 0 aliphatic heterocycles. The van der Waals surface area contributed by atoms with Crippen molar-refractivity contribution in [2.24, 2.45) is 22.2 Å². The van der Waals surface area contributed by atoms with Crippen molar-refractivity contribution in [1.29, 1.82) is 0 Å². The molecule has 0 N–H and O–H groups in total. The van der Waals surface area contributed by atoms with E-state index in [1.807, 2.05) is 39.0 Å². The van der Waals surface area contributed by atoms with Crippen molar-refractivity contribution in [3.8, 4) is 0 Å². The maximum absolute atomic E-state index is 14.3. The van der Waals surface area contributed by atoms with Crippen LogP contribution in [0.15, 0.2) is 49.6 Å². The second kappa shape index (κ2) is 10.2. The van der Waals surface area contributed by atoms with Crippen LogP contribution in [-0.2, 0) is 19.1 Å². The van der Waals surface area contributed by atoms with Gasteiger partial charge in [-0.15, -0.1) is 19.7 Å². The third-order valence-electron chi connectivity index (χ3n) is 7.10. The zero-order chi connectivity index (χ0) is 23.2. The van der Waals surface area contributed by atoms with Crippen molar-refractivity contribution in [1.82, 2.24) is 0 Å². The average Bonchev–Trinajstić information content (AvgIpc) is 2.70. The third kappa shape index (κ3) is 4.14. The Morgan fingerprint density at radius 1 is 1.10 bits per heavy atom. The maximum Gasteiger partial charge on any atom is 0.319 e. The van der Waals surface area contributed by atoms with Crippen LogP contribution in [0.2, 0.25) is 0 Å². The topological polar surface area (TPSA) is 60.4 Å². The number of esters is 1. The lowest BCUT2D eigenvalue weighted by Crippen LogP contribution is -2.65. The van der Waals surface area contributed by atoms with Crippen LogP contribution >= 0.6 is 0 Å². The van der Waals surface area contributed by atoms with Crippen LogP contribution in [0, 0.1) is 22.2 Å². The van der Waals surface area contributed by atoms with Gasteiger partial charge >= 0.3 is 5.97 Å². The van der Waals surface area contributed by atoms with Crippen LogP contribution in [0.4, 0.5) is 0 Å². The summed E-state index contributed by atoms with van der Waals surface area (Å²) < 4.78 is 5.15. The second-order valence-electron chi connectivity index (χ2n) is 9.01. The van der Waals surface area contributed by atoms with Crippen molar-refractivity contribution < 1.29 is 19.1 Å². The Kier molecular flexibility index (Phi) is 8.76. The highest BCUT2D eigenvalue weighted by Gasteiger charge is 2.69. The van der Waals surface area contributed by atoms with Crippen LogP contribution in [-0.4, -0.2) is 24.6 Å². The minimum Gasteiger partial charge on any atom is -0.468 e. The number of hydrogen-bond donors (Lipinski definition) is 0. The fourth-order valence-corrected chi connectivity index (χ4v) is 5.38. The molecule has 0 aromatic heterocycles. The Morgan fingerprint density at radius 3 is 2.17 bits per heavy atom. The lowest BCUT2D eigenvalue weighted by molar-refractivity contribution is -0.182. The number of hydrogen-bond acceptors (Lipinski definition) is 4. The summed E-state index contributed by atoms with van der Waals surface area (Å²) in [5, 5.41) is 0. The number of carbonyl (C=O) groups excluding carboxylic acids is 3. The first kappa shape index (κ1) is 25.8. The Balaban J connectivity index is 3.95. The lowest BCUT2D eigenvalue weighted by atomic mass is 9.42. The van der Waals surface area contributed by atoms with Gasteiger partial charge in [-0.1, -0.05) is 36.8 Å². The Bertz CT molecular complexity index is 742. The van der Waals surface area contributed by atoms with Crippen molar-refractivity contribution in [3.63, 3.8) is 0 Å². The number of ether oxygens (including phenoxy) is 1. The molecule has 4 nitrogen and oxygen atoms in total. The molecular formula is C26H38O4. The van der Waals surface area contributed by atoms with Gasteiger partial charge in [-0.3, -0.25) is 14.4 Å². The van der Waals surface area contributed by atoms with Crippen LogP contribution in [0.5, 0.6) is 0 Å². The molecule has 0 unspecified atom stereocenters. The monoisotopic (exact) mass is 414 g/mol. The molecular weight excluding hydrogens is 376 g/mol. The van der Waals surface area contributed by atoms with E-state index in [1.54, 1.807) is 6.08 Å². The van der Waals surface area contributed by atoms with Gasteiger partial charge < -0.3 is 4.74 Å². The highest BCUT2D eigenvalue weighted by Crippen LogP contribution is 2.63. The van der Waals surface area contributed by atoms with Crippen molar-refractivity contribution in [3.05, 3.63) is 49.6 Å². The van der Waals surface area contributed by atoms with E-state index in [9.17, 15) is 14.4 Å². The van der Waals surface area contributed by atoms with Gasteiger partial charge in [-0.25, -0.2) is 0 Å². The summed E-state index contributed by atoms with van der Waals surface area (Å²) in [5.41, 5.74) is -2.41. The van der Waals surface area contributed by atoms with Gasteiger partial charge in [0.2, 0.25) is 0 Å². The van der Waals surface area contributed by atoms with E-state index in [0.29, 0.717) is 25.7 Å². The Labute approximate surface area is 182 Å². The molecule has 4 atom stereocenters. The first-order valence-electron chi connectivity index (χ1n) is 10.6. The van der Waals surface area contributed by atoms with E-state index in [0.717, 1.165) is 5.57 Å². The largest absolute Gasteiger partial charge is 0.468 e. The molecule has 1 aliphatic carbocycles. The molecule has 1 aliphatic rings. The smallest absolute Gasteiger partial charge is 0.319 e. The minimum absolute atomic E-state index is 0.0961. The summed E-state index contributed by atoms with van der Waals surface area (Å²) in [7, 11) is 1.30. The standard InChI is InChI=1S/C26H38O4/c1-9-12-16-24(7)21(13-10-2)18-25(23(29)30-8,17-14-19(4)5)22(28)26(24,15-11-3)20(6)27/h9-11,14,21H,1-3,12-13,15-18H2,4-8H3/t21-,24+,25+,26-/m0/s1. The van der Waals surface area contributed by atoms with E-state index >= 15 is 0 Å². The molecule has 0 spiro atoms. The number of methoxy groups -OCH3 is 1. The summed E-state index contributed by atoms with van der Waals surface area (Å²) in [5.74, 6) is -1.22. The van der Waals surface area contributed by atoms with Crippen molar-refractivity contribution >= 4 is 17.5 Å². The summed E-state index contributed by atoms with van der Waals surface area (Å²) >= 11 is 0. The van der Waals surface area contributed by atoms with Crippen LogP contribution in [0.1, 0.15) is 66.2 Å². The average molecular weight is 415 g/mol. The first-order valence-corrected chi connectivity index (χ1v) is 10.6. The van der Waals surface area contributed by atoms with E-state index in [4.69, 9.17) is 4.74 Å². The minimum atomic E-state index is -1.40. The van der Waals surface area contributed by atoms with Crippen molar-refractivity contribution in [2.45, 2.75) is 66.2 Å². The van der Waals surface area contributed by atoms with E-state index in [-0.39, 0.29) is 30.3 Å². The van der Waals surface area contributed by atoms with Crippen LogP contribution in [0.3, 0.4) is 0 Å². The van der Waals surface area contributed by atoms with Crippen LogP contribution in [0.25, 0.3) is 0 Å². The molecule has 1 fully saturated rings. The molecule has 1 rings (SSSR count). The molecule has 1 saturated carbocycles. The van der Waals surface area contributed by atoms with Crippen LogP contribution < -0.4 is 0 Å². The SMILES string of the molecule is C=CCC[C@]1(C)[C@@H](CC=C)C[C@@](CC=C(C)C)(C(=O)OC)C(=O)[C@]1(CC=C)C(C)=O. The van der Waals surface area contributed by atoms with Gasteiger partial charge in [0.1, 0.15) is 11.2 Å². The predicted molar refractivity (Wildman–Crippen MR) is 122 cm³/mol. The predicted octanol–water partition coefficient (Wildman–Crippen LogP) is 5.79. The second-order valence-corrected chi connectivity index (χ2v) is 9.01. The summed E-state index contributed by atoms with van der Waals surface area (Å²) in [6.45, 7) is 18.9. The van der Waals surface area contributed by atoms with Crippen molar-refractivity contribution in [2.75, 3.05) is 7.11 Å². The number of Topliss-reactive ketones (excluding diaryl/α,β-unsaturated/α-hetero) is 2. The highest BCUT2D eigenvalue weighted by molar-refractivity contribution is 6.17. The van der Waals surface area contributed by atoms with Gasteiger partial charge in [0, 0.05) is 0 Å². The summed E-state index contributed by atoms with van der Waals surface area (Å²) in [6.07, 6.45) is 9.77.